The Bertz CT molecular complexity index is 2010. The van der Waals surface area contributed by atoms with Crippen LogP contribution in [0.4, 0.5) is 17.1 Å². The van der Waals surface area contributed by atoms with E-state index >= 15 is 0 Å². The van der Waals surface area contributed by atoms with Crippen LogP contribution in [0, 0.1) is 0 Å². The molecule has 41 heavy (non-hydrogen) atoms. The van der Waals surface area contributed by atoms with Gasteiger partial charge in [-0.15, -0.1) is 0 Å². The number of fused-ring (bicyclic) bond motifs is 10. The molecule has 0 N–H and O–H groups in total. The molecule has 0 saturated heterocycles. The van der Waals surface area contributed by atoms with Gasteiger partial charge in [-0.05, 0) is 0 Å². The molecule has 0 bridgehead atoms. The molecule has 0 saturated carbocycles. The van der Waals surface area contributed by atoms with E-state index in [4.69, 9.17) is 0 Å². The third kappa shape index (κ3) is 2.95. The number of carbonyl (C=O) groups is 1. The molecule has 1 spiro atoms. The fourth-order valence-corrected chi connectivity index (χ4v) is 9.52. The van der Waals surface area contributed by atoms with E-state index in [0.29, 0.717) is 0 Å². The third-order valence-corrected chi connectivity index (χ3v) is 11.2. The summed E-state index contributed by atoms with van der Waals surface area (Å²) < 4.78 is 2.76. The fraction of sp³-hybridized carbons (Fsp3) is 0.0263. The van der Waals surface area contributed by atoms with Crippen molar-refractivity contribution in [3.63, 3.8) is 0 Å². The van der Waals surface area contributed by atoms with E-state index in [1.165, 1.54) is 48.2 Å². The van der Waals surface area contributed by atoms with Crippen molar-refractivity contribution in [1.82, 2.24) is 0 Å². The van der Waals surface area contributed by atoms with E-state index in [1.54, 1.807) is 0 Å². The molecule has 2 aliphatic heterocycles. The molecule has 0 radical (unpaired) electrons. The molecule has 6 aromatic rings. The zero-order valence-electron chi connectivity index (χ0n) is 22.0. The van der Waals surface area contributed by atoms with Crippen molar-refractivity contribution in [1.29, 1.82) is 0 Å². The molecule has 6 aromatic carbocycles. The molecule has 2 nitrogen and oxygen atoms in total. The summed E-state index contributed by atoms with van der Waals surface area (Å²) in [4.78, 5) is 16.5. The monoisotopic (exact) mass is 589 g/mol. The summed E-state index contributed by atoms with van der Waals surface area (Å²) in [5.41, 5.74) is 11.6. The molecule has 0 amide bonds. The number of hydrogen-bond acceptors (Lipinski definition) is 2. The zero-order valence-corrected chi connectivity index (χ0v) is 23.8. The maximum absolute atomic E-state index is 14.0. The van der Waals surface area contributed by atoms with Gasteiger partial charge < -0.3 is 0 Å². The van der Waals surface area contributed by atoms with E-state index < -0.39 is 5.41 Å². The first-order valence-electron chi connectivity index (χ1n) is 13.9. The molecule has 0 atom stereocenters. The number of benzene rings is 6. The molecule has 2 heterocycles. The number of ketones is 1. The molecular weight excluding hydrogens is 565 g/mol. The molecule has 3 aliphatic rings. The molecule has 192 valence electrons. The molecule has 0 aromatic heterocycles. The van der Waals surface area contributed by atoms with Gasteiger partial charge in [0.15, 0.2) is 0 Å². The molecule has 9 rings (SSSR count). The van der Waals surface area contributed by atoms with Crippen LogP contribution < -0.4 is 13.8 Å². The number of nitrogens with zero attached hydrogens (tertiary/aromatic N) is 1. The van der Waals surface area contributed by atoms with E-state index in [-0.39, 0.29) is 20.7 Å². The van der Waals surface area contributed by atoms with Crippen molar-refractivity contribution in [3.05, 3.63) is 173 Å². The molecular formula is C38H23NOSe. The van der Waals surface area contributed by atoms with E-state index in [0.717, 1.165) is 22.3 Å². The average molecular weight is 589 g/mol. The van der Waals surface area contributed by atoms with Crippen LogP contribution in [0.25, 0.3) is 11.1 Å². The van der Waals surface area contributed by atoms with Crippen molar-refractivity contribution < 1.29 is 4.79 Å². The SMILES string of the molecule is O=C1c2ccccc2C2(c3ccccc31)c1ccc(-c3ccccc3)cc1N1c3ccccc3[Se]c3cccc2c31. The number of para-hydroxylation sites is 2. The van der Waals surface area contributed by atoms with Crippen LogP contribution in [0.2, 0.25) is 0 Å². The van der Waals surface area contributed by atoms with Gasteiger partial charge in [0.05, 0.1) is 0 Å². The van der Waals surface area contributed by atoms with Crippen molar-refractivity contribution in [3.8, 4) is 11.1 Å². The Morgan fingerprint density at radius 3 is 1.90 bits per heavy atom. The van der Waals surface area contributed by atoms with Gasteiger partial charge in [-0.2, -0.15) is 0 Å². The van der Waals surface area contributed by atoms with Crippen LogP contribution in [0.15, 0.2) is 140 Å². The van der Waals surface area contributed by atoms with Gasteiger partial charge in [0.25, 0.3) is 0 Å². The van der Waals surface area contributed by atoms with Crippen LogP contribution in [0.3, 0.4) is 0 Å². The maximum atomic E-state index is 14.0. The predicted octanol–water partition coefficient (Wildman–Crippen LogP) is 7.03. The Hall–Kier alpha value is -4.69. The zero-order chi connectivity index (χ0) is 27.1. The normalized spacial score (nSPS) is 14.9. The van der Waals surface area contributed by atoms with Gasteiger partial charge in [0.1, 0.15) is 0 Å². The fourth-order valence-electron chi connectivity index (χ4n) is 7.23. The topological polar surface area (TPSA) is 20.3 Å². The Labute approximate surface area is 245 Å². The second kappa shape index (κ2) is 8.41. The van der Waals surface area contributed by atoms with Crippen molar-refractivity contribution in [2.24, 2.45) is 0 Å². The van der Waals surface area contributed by atoms with Crippen LogP contribution >= 0.6 is 0 Å². The first kappa shape index (κ1) is 23.1. The third-order valence-electron chi connectivity index (χ3n) is 8.85. The Balaban J connectivity index is 1.48. The van der Waals surface area contributed by atoms with E-state index in [2.05, 4.69) is 120 Å². The predicted molar refractivity (Wildman–Crippen MR) is 167 cm³/mol. The summed E-state index contributed by atoms with van der Waals surface area (Å²) in [7, 11) is 0. The van der Waals surface area contributed by atoms with Crippen molar-refractivity contribution in [2.45, 2.75) is 5.41 Å². The number of carbonyl (C=O) groups excluding carboxylic acids is 1. The van der Waals surface area contributed by atoms with Gasteiger partial charge >= 0.3 is 246 Å². The minimum atomic E-state index is -0.615. The minimum absolute atomic E-state index is 0.103. The molecule has 0 unspecified atom stereocenters. The Morgan fingerprint density at radius 1 is 0.488 bits per heavy atom. The van der Waals surface area contributed by atoms with Crippen LogP contribution in [-0.2, 0) is 5.41 Å². The summed E-state index contributed by atoms with van der Waals surface area (Å²) in [6.45, 7) is 0. The van der Waals surface area contributed by atoms with E-state index in [1.807, 2.05) is 24.3 Å². The summed E-state index contributed by atoms with van der Waals surface area (Å²) in [5, 5.41) is 0. The molecule has 0 fully saturated rings. The van der Waals surface area contributed by atoms with Gasteiger partial charge in [-0.25, -0.2) is 0 Å². The summed E-state index contributed by atoms with van der Waals surface area (Å²) in [6.07, 6.45) is 0. The number of rotatable bonds is 1. The first-order chi connectivity index (χ1) is 20.3. The van der Waals surface area contributed by atoms with Gasteiger partial charge in [-0.1, -0.05) is 0 Å². The van der Waals surface area contributed by atoms with Gasteiger partial charge in [-0.3, -0.25) is 0 Å². The summed E-state index contributed by atoms with van der Waals surface area (Å²) >= 11 is 0.164. The van der Waals surface area contributed by atoms with Crippen LogP contribution in [0.1, 0.15) is 38.2 Å². The number of anilines is 3. The second-order valence-corrected chi connectivity index (χ2v) is 13.1. The number of hydrogen-bond donors (Lipinski definition) is 0. The van der Waals surface area contributed by atoms with Gasteiger partial charge in [0, 0.05) is 0 Å². The first-order valence-corrected chi connectivity index (χ1v) is 15.6. The van der Waals surface area contributed by atoms with E-state index in [9.17, 15) is 4.79 Å². The Kier molecular flexibility index (Phi) is 4.73. The van der Waals surface area contributed by atoms with Crippen molar-refractivity contribution in [2.75, 3.05) is 4.90 Å². The standard InChI is InChI=1S/C38H23NOSe/c40-37-26-13-4-6-15-28(26)38(29-16-7-5-14-27(29)37)30-22-21-25(24-11-2-1-3-12-24)23-33(30)39-32-18-8-9-19-34(32)41-35-20-10-17-31(38)36(35)39/h1-23H. The second-order valence-electron chi connectivity index (χ2n) is 10.8. The van der Waals surface area contributed by atoms with Gasteiger partial charge in [0.2, 0.25) is 0 Å². The summed E-state index contributed by atoms with van der Waals surface area (Å²) in [6, 6.07) is 49.7. The van der Waals surface area contributed by atoms with Crippen LogP contribution in [-0.4, -0.2) is 20.7 Å². The average Bonchev–Trinajstić information content (AvgIpc) is 3.04. The van der Waals surface area contributed by atoms with Crippen molar-refractivity contribution >= 4 is 46.7 Å². The quantitative estimate of drug-likeness (QED) is 0.192. The molecule has 1 aliphatic carbocycles. The summed E-state index contributed by atoms with van der Waals surface area (Å²) in [5.74, 6) is 0.103. The molecule has 3 heteroatoms. The Morgan fingerprint density at radius 2 is 1.12 bits per heavy atom. The van der Waals surface area contributed by atoms with Crippen LogP contribution in [0.5, 0.6) is 0 Å².